The maximum absolute atomic E-state index is 14.1. The number of fused-ring (bicyclic) bond motifs is 1. The summed E-state index contributed by atoms with van der Waals surface area (Å²) in [4.78, 5) is 19.1. The quantitative estimate of drug-likeness (QED) is 0.432. The number of aliphatic carboxylic acids is 1. The Bertz CT molecular complexity index is 1080. The molecule has 8 heteroatoms. The van der Waals surface area contributed by atoms with Crippen molar-refractivity contribution in [1.29, 1.82) is 0 Å². The smallest absolute Gasteiger partial charge is 0.325 e. The highest BCUT2D eigenvalue weighted by molar-refractivity contribution is 5.76. The van der Waals surface area contributed by atoms with E-state index >= 15 is 0 Å². The molecule has 7 nitrogen and oxygen atoms in total. The van der Waals surface area contributed by atoms with Crippen LogP contribution in [0.15, 0.2) is 30.3 Å². The molecule has 0 bridgehead atoms. The second kappa shape index (κ2) is 12.3. The number of ether oxygens (including phenoxy) is 2. The Balaban J connectivity index is 1.13. The minimum atomic E-state index is -0.920. The van der Waals surface area contributed by atoms with Crippen molar-refractivity contribution < 1.29 is 23.8 Å². The molecule has 0 aliphatic carbocycles. The van der Waals surface area contributed by atoms with Crippen LogP contribution in [-0.4, -0.2) is 59.9 Å². The van der Waals surface area contributed by atoms with E-state index in [2.05, 4.69) is 17.4 Å². The molecule has 1 aromatic heterocycles. The van der Waals surface area contributed by atoms with E-state index in [1.165, 1.54) is 17.7 Å². The molecule has 2 fully saturated rings. The summed E-state index contributed by atoms with van der Waals surface area (Å²) in [5.41, 5.74) is 3.72. The van der Waals surface area contributed by atoms with E-state index in [1.54, 1.807) is 6.07 Å². The monoisotopic (exact) mass is 511 g/mol. The van der Waals surface area contributed by atoms with Crippen LogP contribution in [0.2, 0.25) is 0 Å². The van der Waals surface area contributed by atoms with E-state index in [1.807, 2.05) is 4.90 Å². The topological polar surface area (TPSA) is 83.9 Å². The number of anilines is 1. The molecule has 200 valence electrons. The fourth-order valence-electron chi connectivity index (χ4n) is 5.84. The molecule has 2 saturated heterocycles. The Labute approximate surface area is 218 Å². The van der Waals surface area contributed by atoms with Gasteiger partial charge in [0.25, 0.3) is 0 Å². The van der Waals surface area contributed by atoms with Crippen LogP contribution in [0, 0.1) is 5.82 Å². The molecule has 3 aliphatic heterocycles. The summed E-state index contributed by atoms with van der Waals surface area (Å²) in [6.07, 6.45) is 8.43. The number of halogens is 1. The number of aryl methyl sites for hydroxylation is 2. The Hall–Kier alpha value is -2.55. The number of carboxylic acid groups (broad SMARTS) is 1. The molecule has 0 amide bonds. The Morgan fingerprint density at radius 3 is 2.97 bits per heavy atom. The second-order valence-corrected chi connectivity index (χ2v) is 10.4. The minimum Gasteiger partial charge on any atom is -0.480 e. The fraction of sp³-hybridized carbons (Fsp3) is 0.586. The lowest BCUT2D eigenvalue weighted by Crippen LogP contribution is -2.34. The molecule has 1 aromatic carbocycles. The number of nitrogens with zero attached hydrogens (tertiary/aromatic N) is 2. The number of carboxylic acids is 1. The van der Waals surface area contributed by atoms with Gasteiger partial charge < -0.3 is 19.9 Å². The first kappa shape index (κ1) is 26.1. The van der Waals surface area contributed by atoms with Crippen LogP contribution in [0.25, 0.3) is 0 Å². The van der Waals surface area contributed by atoms with E-state index in [0.717, 1.165) is 75.8 Å². The predicted molar refractivity (Wildman–Crippen MR) is 139 cm³/mol. The van der Waals surface area contributed by atoms with Gasteiger partial charge in [0.05, 0.1) is 12.2 Å². The molecule has 0 spiro atoms. The molecular formula is C29H38FN3O4. The van der Waals surface area contributed by atoms with Gasteiger partial charge in [-0.25, -0.2) is 9.37 Å². The highest BCUT2D eigenvalue weighted by Gasteiger charge is 2.36. The number of rotatable bonds is 10. The third-order valence-electron chi connectivity index (χ3n) is 7.78. The lowest BCUT2D eigenvalue weighted by atomic mass is 9.92. The summed E-state index contributed by atoms with van der Waals surface area (Å²) >= 11 is 0. The van der Waals surface area contributed by atoms with Crippen molar-refractivity contribution >= 4 is 11.8 Å². The van der Waals surface area contributed by atoms with Gasteiger partial charge in [-0.1, -0.05) is 12.1 Å². The molecular weight excluding hydrogens is 473 g/mol. The Morgan fingerprint density at radius 1 is 1.22 bits per heavy atom. The van der Waals surface area contributed by atoms with Gasteiger partial charge in [0.2, 0.25) is 0 Å². The molecule has 4 heterocycles. The zero-order valence-corrected chi connectivity index (χ0v) is 21.5. The lowest BCUT2D eigenvalue weighted by Gasteiger charge is -2.30. The fourth-order valence-corrected chi connectivity index (χ4v) is 5.84. The largest absolute Gasteiger partial charge is 0.480 e. The highest BCUT2D eigenvalue weighted by Crippen LogP contribution is 2.36. The van der Waals surface area contributed by atoms with Crippen LogP contribution in [-0.2, 0) is 27.1 Å². The van der Waals surface area contributed by atoms with Crippen LogP contribution >= 0.6 is 0 Å². The van der Waals surface area contributed by atoms with Gasteiger partial charge in [-0.05, 0) is 92.7 Å². The highest BCUT2D eigenvalue weighted by atomic mass is 19.1. The molecule has 5 rings (SSSR count). The van der Waals surface area contributed by atoms with Crippen molar-refractivity contribution in [2.75, 3.05) is 38.2 Å². The summed E-state index contributed by atoms with van der Waals surface area (Å²) < 4.78 is 26.2. The van der Waals surface area contributed by atoms with Gasteiger partial charge in [-0.15, -0.1) is 0 Å². The maximum Gasteiger partial charge on any atom is 0.325 e. The number of benzene rings is 1. The summed E-state index contributed by atoms with van der Waals surface area (Å²) in [6, 6.07) is 7.93. The number of aromatic nitrogens is 1. The number of carbonyl (C=O) groups is 1. The Morgan fingerprint density at radius 2 is 2.14 bits per heavy atom. The second-order valence-electron chi connectivity index (χ2n) is 10.4. The number of nitrogens with one attached hydrogen (secondary N) is 1. The van der Waals surface area contributed by atoms with Gasteiger partial charge in [0.15, 0.2) is 0 Å². The summed E-state index contributed by atoms with van der Waals surface area (Å²) in [7, 11) is 0. The minimum absolute atomic E-state index is 0.00254. The van der Waals surface area contributed by atoms with Crippen molar-refractivity contribution in [3.8, 4) is 0 Å². The van der Waals surface area contributed by atoms with Crippen LogP contribution in [0.1, 0.15) is 79.5 Å². The van der Waals surface area contributed by atoms with Crippen LogP contribution in [0.5, 0.6) is 0 Å². The van der Waals surface area contributed by atoms with Crippen molar-refractivity contribution in [3.63, 3.8) is 0 Å². The predicted octanol–water partition coefficient (Wildman–Crippen LogP) is 5.06. The van der Waals surface area contributed by atoms with E-state index in [4.69, 9.17) is 14.5 Å². The molecule has 1 unspecified atom stereocenters. The third kappa shape index (κ3) is 6.48. The third-order valence-corrected chi connectivity index (χ3v) is 7.78. The summed E-state index contributed by atoms with van der Waals surface area (Å²) in [5, 5.41) is 13.6. The molecule has 0 radical (unpaired) electrons. The van der Waals surface area contributed by atoms with E-state index in [9.17, 15) is 14.3 Å². The number of unbranched alkanes of at least 4 members (excludes halogenated alkanes) is 1. The first-order chi connectivity index (χ1) is 18.1. The van der Waals surface area contributed by atoms with Crippen LogP contribution in [0.3, 0.4) is 0 Å². The number of pyridine rings is 1. The average Bonchev–Trinajstić information content (AvgIpc) is 3.38. The maximum atomic E-state index is 14.1. The molecule has 3 aliphatic rings. The normalized spacial score (nSPS) is 22.8. The van der Waals surface area contributed by atoms with Gasteiger partial charge in [-0.3, -0.25) is 9.69 Å². The van der Waals surface area contributed by atoms with Crippen molar-refractivity contribution in [2.24, 2.45) is 0 Å². The average molecular weight is 512 g/mol. The lowest BCUT2D eigenvalue weighted by molar-refractivity contribution is -0.143. The molecule has 2 N–H and O–H groups in total. The number of hydrogen-bond donors (Lipinski definition) is 2. The van der Waals surface area contributed by atoms with Gasteiger partial charge in [-0.2, -0.15) is 0 Å². The zero-order valence-electron chi connectivity index (χ0n) is 21.5. The zero-order chi connectivity index (χ0) is 25.6. The SMILES string of the molecule is O=C(O)[C@H](c1ccc(F)cc1C1CCCCO1)N1CC[C@@H](OCCCCc2ccc3c(n2)NCCC3)C1. The van der Waals surface area contributed by atoms with Gasteiger partial charge in [0, 0.05) is 38.5 Å². The van der Waals surface area contributed by atoms with Crippen molar-refractivity contribution in [2.45, 2.75) is 76.0 Å². The van der Waals surface area contributed by atoms with Crippen molar-refractivity contribution in [1.82, 2.24) is 9.88 Å². The summed E-state index contributed by atoms with van der Waals surface area (Å²) in [5.74, 6) is -0.240. The Kier molecular flexibility index (Phi) is 8.69. The van der Waals surface area contributed by atoms with Crippen LogP contribution in [0.4, 0.5) is 10.2 Å². The molecule has 0 saturated carbocycles. The number of likely N-dealkylation sites (tertiary alicyclic amines) is 1. The van der Waals surface area contributed by atoms with E-state index in [-0.39, 0.29) is 18.0 Å². The molecule has 2 aromatic rings. The van der Waals surface area contributed by atoms with Gasteiger partial charge >= 0.3 is 5.97 Å². The summed E-state index contributed by atoms with van der Waals surface area (Å²) in [6.45, 7) is 3.46. The van der Waals surface area contributed by atoms with Crippen molar-refractivity contribution in [3.05, 3.63) is 58.5 Å². The van der Waals surface area contributed by atoms with E-state index < -0.39 is 12.0 Å². The molecule has 3 atom stereocenters. The van der Waals surface area contributed by atoms with Gasteiger partial charge in [0.1, 0.15) is 17.7 Å². The first-order valence-corrected chi connectivity index (χ1v) is 13.8. The molecule has 37 heavy (non-hydrogen) atoms. The first-order valence-electron chi connectivity index (χ1n) is 13.8. The number of hydrogen-bond acceptors (Lipinski definition) is 6. The van der Waals surface area contributed by atoms with E-state index in [0.29, 0.717) is 37.4 Å². The van der Waals surface area contributed by atoms with Crippen LogP contribution < -0.4 is 5.32 Å². The standard InChI is InChI=1S/C29H38FN3O4/c30-21-10-12-24(25(18-21)26-8-2-4-17-37-26)27(29(34)35)33-15-13-23(19-33)36-16-3-1-7-22-11-9-20-6-5-14-31-28(20)32-22/h9-12,18,23,26-27H,1-8,13-17,19H2,(H,31,32)(H,34,35)/t23-,26?,27+/m1/s1.